The summed E-state index contributed by atoms with van der Waals surface area (Å²) in [6, 6.07) is 9.80. The molecule has 0 aromatic heterocycles. The van der Waals surface area contributed by atoms with Crippen LogP contribution in [0.25, 0.3) is 0 Å². The number of hydrogen-bond donors (Lipinski definition) is 0. The molecule has 0 aliphatic carbocycles. The maximum Gasteiger partial charge on any atom is 0.306 e. The van der Waals surface area contributed by atoms with Gasteiger partial charge < -0.3 is 9.47 Å². The molecule has 0 N–H and O–H groups in total. The molecule has 0 bridgehead atoms. The van der Waals surface area contributed by atoms with Crippen LogP contribution in [0.15, 0.2) is 30.3 Å². The molecular weight excluding hydrogens is 228 g/mol. The van der Waals surface area contributed by atoms with Crippen LogP contribution in [-0.4, -0.2) is 18.7 Å². The Morgan fingerprint density at radius 3 is 2.89 bits per heavy atom. The fraction of sp³-hybridized carbons (Fsp3) is 0.533. The summed E-state index contributed by atoms with van der Waals surface area (Å²) in [5, 5.41) is 0. The zero-order valence-corrected chi connectivity index (χ0v) is 10.8. The lowest BCUT2D eigenvalue weighted by Crippen LogP contribution is -2.12. The Morgan fingerprint density at radius 2 is 2.22 bits per heavy atom. The third-order valence-corrected chi connectivity index (χ3v) is 3.27. The zero-order chi connectivity index (χ0) is 12.8. The Kier molecular flexibility index (Phi) is 4.76. The molecule has 1 aromatic carbocycles. The average Bonchev–Trinajstić information content (AvgIpc) is 2.90. The molecule has 1 aliphatic heterocycles. The summed E-state index contributed by atoms with van der Waals surface area (Å²) in [7, 11) is 0. The van der Waals surface area contributed by atoms with Crippen LogP contribution in [0, 0.1) is 0 Å². The van der Waals surface area contributed by atoms with E-state index < -0.39 is 0 Å². The lowest BCUT2D eigenvalue weighted by Gasteiger charge is -2.14. The van der Waals surface area contributed by atoms with Crippen LogP contribution < -0.4 is 0 Å². The van der Waals surface area contributed by atoms with Crippen molar-refractivity contribution in [3.05, 3.63) is 35.9 Å². The van der Waals surface area contributed by atoms with Crippen molar-refractivity contribution in [3.8, 4) is 0 Å². The van der Waals surface area contributed by atoms with Gasteiger partial charge in [-0.25, -0.2) is 0 Å². The number of hydrogen-bond acceptors (Lipinski definition) is 3. The van der Waals surface area contributed by atoms with Crippen LogP contribution in [0.5, 0.6) is 0 Å². The Labute approximate surface area is 108 Å². The van der Waals surface area contributed by atoms with Gasteiger partial charge in [0.25, 0.3) is 0 Å². The summed E-state index contributed by atoms with van der Waals surface area (Å²) in [4.78, 5) is 11.7. The Balaban J connectivity index is 1.73. The smallest absolute Gasteiger partial charge is 0.306 e. The summed E-state index contributed by atoms with van der Waals surface area (Å²) >= 11 is 0. The highest BCUT2D eigenvalue weighted by molar-refractivity contribution is 5.69. The summed E-state index contributed by atoms with van der Waals surface area (Å²) in [5.74, 6) is -0.137. The van der Waals surface area contributed by atoms with E-state index in [0.29, 0.717) is 6.42 Å². The van der Waals surface area contributed by atoms with Gasteiger partial charge in [-0.2, -0.15) is 0 Å². The molecule has 1 aliphatic rings. The van der Waals surface area contributed by atoms with Gasteiger partial charge in [0, 0.05) is 13.0 Å². The van der Waals surface area contributed by atoms with Gasteiger partial charge in [-0.05, 0) is 31.7 Å². The third-order valence-electron chi connectivity index (χ3n) is 3.27. The zero-order valence-electron chi connectivity index (χ0n) is 10.8. The number of benzene rings is 1. The number of ether oxygens (including phenoxy) is 2. The van der Waals surface area contributed by atoms with Gasteiger partial charge in [0.15, 0.2) is 0 Å². The molecule has 1 heterocycles. The predicted octanol–water partition coefficient (Wildman–Crippen LogP) is 3.25. The van der Waals surface area contributed by atoms with Crippen LogP contribution in [0.1, 0.15) is 44.3 Å². The van der Waals surface area contributed by atoms with E-state index in [1.807, 2.05) is 37.3 Å². The van der Waals surface area contributed by atoms with Crippen LogP contribution in [0.2, 0.25) is 0 Å². The summed E-state index contributed by atoms with van der Waals surface area (Å²) in [6.07, 6.45) is 3.48. The topological polar surface area (TPSA) is 35.5 Å². The van der Waals surface area contributed by atoms with E-state index in [2.05, 4.69) is 0 Å². The third kappa shape index (κ3) is 3.84. The summed E-state index contributed by atoms with van der Waals surface area (Å²) in [5.41, 5.74) is 1.03. The minimum atomic E-state index is -0.178. The number of carbonyl (C=O) groups is 1. The van der Waals surface area contributed by atoms with Crippen LogP contribution in [-0.2, 0) is 14.3 Å². The van der Waals surface area contributed by atoms with Gasteiger partial charge in [0.2, 0.25) is 0 Å². The predicted molar refractivity (Wildman–Crippen MR) is 69.2 cm³/mol. The molecule has 3 heteroatoms. The van der Waals surface area contributed by atoms with Crippen molar-refractivity contribution in [2.45, 2.75) is 44.8 Å². The van der Waals surface area contributed by atoms with Gasteiger partial charge in [0.1, 0.15) is 6.10 Å². The Bertz CT molecular complexity index is 369. The molecule has 0 radical (unpaired) electrons. The van der Waals surface area contributed by atoms with Gasteiger partial charge in [-0.3, -0.25) is 4.79 Å². The molecule has 2 unspecified atom stereocenters. The fourth-order valence-corrected chi connectivity index (χ4v) is 2.20. The first-order chi connectivity index (χ1) is 8.75. The van der Waals surface area contributed by atoms with Crippen LogP contribution in [0.3, 0.4) is 0 Å². The van der Waals surface area contributed by atoms with E-state index in [-0.39, 0.29) is 18.2 Å². The highest BCUT2D eigenvalue weighted by Crippen LogP contribution is 2.20. The molecule has 98 valence electrons. The molecule has 1 saturated heterocycles. The monoisotopic (exact) mass is 248 g/mol. The standard InChI is InChI=1S/C15H20O3/c1-12(13-6-3-2-4-7-13)18-15(16)10-9-14-8-5-11-17-14/h2-4,6-7,12,14H,5,8-11H2,1H3. The highest BCUT2D eigenvalue weighted by atomic mass is 16.5. The summed E-state index contributed by atoms with van der Waals surface area (Å²) < 4.78 is 10.9. The van der Waals surface area contributed by atoms with E-state index in [9.17, 15) is 4.79 Å². The van der Waals surface area contributed by atoms with E-state index in [4.69, 9.17) is 9.47 Å². The first-order valence-corrected chi connectivity index (χ1v) is 6.62. The van der Waals surface area contributed by atoms with Crippen LogP contribution in [0.4, 0.5) is 0 Å². The minimum Gasteiger partial charge on any atom is -0.458 e. The van der Waals surface area contributed by atoms with Crippen molar-refractivity contribution in [2.75, 3.05) is 6.61 Å². The van der Waals surface area contributed by atoms with Gasteiger partial charge in [0.05, 0.1) is 6.10 Å². The average molecular weight is 248 g/mol. The molecule has 2 rings (SSSR count). The lowest BCUT2D eigenvalue weighted by atomic mass is 10.1. The maximum atomic E-state index is 11.7. The Morgan fingerprint density at radius 1 is 1.44 bits per heavy atom. The second kappa shape index (κ2) is 6.55. The minimum absolute atomic E-state index is 0.137. The number of carbonyl (C=O) groups excluding carboxylic acids is 1. The quantitative estimate of drug-likeness (QED) is 0.750. The largest absolute Gasteiger partial charge is 0.458 e. The molecule has 0 saturated carbocycles. The van der Waals surface area contributed by atoms with Crippen LogP contribution >= 0.6 is 0 Å². The normalized spacial score (nSPS) is 20.6. The van der Waals surface area contributed by atoms with Crippen molar-refractivity contribution < 1.29 is 14.3 Å². The first kappa shape index (κ1) is 13.1. The van der Waals surface area contributed by atoms with E-state index in [0.717, 1.165) is 31.4 Å². The molecule has 1 fully saturated rings. The van der Waals surface area contributed by atoms with Crippen molar-refractivity contribution in [1.29, 1.82) is 0 Å². The van der Waals surface area contributed by atoms with Gasteiger partial charge in [-0.15, -0.1) is 0 Å². The lowest BCUT2D eigenvalue weighted by molar-refractivity contribution is -0.149. The van der Waals surface area contributed by atoms with Crippen molar-refractivity contribution in [2.24, 2.45) is 0 Å². The Hall–Kier alpha value is -1.35. The maximum absolute atomic E-state index is 11.7. The molecule has 0 spiro atoms. The second-order valence-corrected chi connectivity index (χ2v) is 4.72. The summed E-state index contributed by atoms with van der Waals surface area (Å²) in [6.45, 7) is 2.74. The van der Waals surface area contributed by atoms with Crippen molar-refractivity contribution in [1.82, 2.24) is 0 Å². The number of rotatable bonds is 5. The molecule has 1 aromatic rings. The van der Waals surface area contributed by atoms with Crippen molar-refractivity contribution >= 4 is 5.97 Å². The molecule has 2 atom stereocenters. The highest BCUT2D eigenvalue weighted by Gasteiger charge is 2.18. The number of esters is 1. The molecule has 18 heavy (non-hydrogen) atoms. The van der Waals surface area contributed by atoms with Crippen molar-refractivity contribution in [3.63, 3.8) is 0 Å². The molecule has 0 amide bonds. The fourth-order valence-electron chi connectivity index (χ4n) is 2.20. The first-order valence-electron chi connectivity index (χ1n) is 6.62. The van der Waals surface area contributed by atoms with E-state index in [1.54, 1.807) is 0 Å². The van der Waals surface area contributed by atoms with Gasteiger partial charge >= 0.3 is 5.97 Å². The van der Waals surface area contributed by atoms with E-state index >= 15 is 0 Å². The molecular formula is C15H20O3. The molecule has 3 nitrogen and oxygen atoms in total. The van der Waals surface area contributed by atoms with E-state index in [1.165, 1.54) is 0 Å². The SMILES string of the molecule is CC(OC(=O)CCC1CCCO1)c1ccccc1. The van der Waals surface area contributed by atoms with Gasteiger partial charge in [-0.1, -0.05) is 30.3 Å². The second-order valence-electron chi connectivity index (χ2n) is 4.72.